The number of nitrogens with zero attached hydrogens (tertiary/aromatic N) is 3. The van der Waals surface area contributed by atoms with Crippen molar-refractivity contribution in [2.75, 3.05) is 17.6 Å². The topological polar surface area (TPSA) is 68.8 Å². The van der Waals surface area contributed by atoms with Crippen LogP contribution in [0.2, 0.25) is 0 Å². The summed E-state index contributed by atoms with van der Waals surface area (Å²) in [6.07, 6.45) is 7.08. The van der Waals surface area contributed by atoms with Gasteiger partial charge in [-0.1, -0.05) is 13.3 Å². The van der Waals surface area contributed by atoms with E-state index in [2.05, 4.69) is 33.0 Å². The summed E-state index contributed by atoms with van der Waals surface area (Å²) in [5.74, 6) is 2.05. The van der Waals surface area contributed by atoms with E-state index in [1.165, 1.54) is 19.3 Å². The largest absolute Gasteiger partial charge is 0.368 e. The van der Waals surface area contributed by atoms with Gasteiger partial charge in [-0.3, -0.25) is 0 Å². The van der Waals surface area contributed by atoms with Gasteiger partial charge in [0.25, 0.3) is 0 Å². The van der Waals surface area contributed by atoms with Crippen molar-refractivity contribution in [1.29, 1.82) is 0 Å². The van der Waals surface area contributed by atoms with Crippen molar-refractivity contribution in [1.82, 2.24) is 14.5 Å². The first-order chi connectivity index (χ1) is 9.28. The van der Waals surface area contributed by atoms with Gasteiger partial charge in [0.15, 0.2) is 5.82 Å². The quantitative estimate of drug-likeness (QED) is 0.782. The van der Waals surface area contributed by atoms with Crippen LogP contribution < -0.4 is 11.1 Å². The Bertz CT molecular complexity index is 570. The van der Waals surface area contributed by atoms with Gasteiger partial charge in [0.05, 0.1) is 5.52 Å². The maximum absolute atomic E-state index is 5.78. The highest BCUT2D eigenvalue weighted by atomic mass is 15.1. The van der Waals surface area contributed by atoms with E-state index in [1.54, 1.807) is 0 Å². The molecule has 5 heteroatoms. The van der Waals surface area contributed by atoms with Crippen LogP contribution in [0.25, 0.3) is 11.0 Å². The Balaban J connectivity index is 1.93. The summed E-state index contributed by atoms with van der Waals surface area (Å²) in [7, 11) is 0. The van der Waals surface area contributed by atoms with Crippen LogP contribution in [0.5, 0.6) is 0 Å². The second kappa shape index (κ2) is 5.07. The van der Waals surface area contributed by atoms with E-state index < -0.39 is 0 Å². The molecule has 0 saturated heterocycles. The smallest absolute Gasteiger partial charge is 0.222 e. The van der Waals surface area contributed by atoms with Crippen LogP contribution in [0.4, 0.5) is 11.8 Å². The normalized spacial score (nSPS) is 15.0. The molecule has 1 saturated carbocycles. The number of nitrogen functional groups attached to an aromatic ring is 1. The van der Waals surface area contributed by atoms with Crippen LogP contribution in [0, 0.1) is 5.92 Å². The van der Waals surface area contributed by atoms with Gasteiger partial charge in [0, 0.05) is 19.3 Å². The standard InChI is InChI=1S/C14H21N5/c1-2-3-7-16-13-12-11(17-14(15)18-13)6-8-19(12)9-10-4-5-10/h6,8,10H,2-5,7,9H2,1H3,(H3,15,16,17,18). The Labute approximate surface area is 113 Å². The second-order valence-corrected chi connectivity index (χ2v) is 5.36. The van der Waals surface area contributed by atoms with Crippen LogP contribution in [0.15, 0.2) is 12.3 Å². The molecule has 19 heavy (non-hydrogen) atoms. The summed E-state index contributed by atoms with van der Waals surface area (Å²) < 4.78 is 2.26. The number of fused-ring (bicyclic) bond motifs is 1. The molecule has 102 valence electrons. The lowest BCUT2D eigenvalue weighted by atomic mass is 10.3. The molecule has 1 fully saturated rings. The van der Waals surface area contributed by atoms with Gasteiger partial charge in [-0.15, -0.1) is 0 Å². The van der Waals surface area contributed by atoms with Gasteiger partial charge >= 0.3 is 0 Å². The fourth-order valence-corrected chi connectivity index (χ4v) is 2.36. The molecule has 5 nitrogen and oxygen atoms in total. The van der Waals surface area contributed by atoms with E-state index in [1.807, 2.05) is 6.07 Å². The molecular formula is C14H21N5. The number of unbranched alkanes of at least 4 members (excludes halogenated alkanes) is 1. The van der Waals surface area contributed by atoms with Crippen LogP contribution in [0.1, 0.15) is 32.6 Å². The summed E-state index contributed by atoms with van der Waals surface area (Å²) in [6, 6.07) is 2.03. The van der Waals surface area contributed by atoms with Crippen molar-refractivity contribution < 1.29 is 0 Å². The summed E-state index contributed by atoms with van der Waals surface area (Å²) in [5.41, 5.74) is 7.81. The lowest BCUT2D eigenvalue weighted by Crippen LogP contribution is -2.09. The molecule has 1 aliphatic carbocycles. The molecule has 2 aromatic heterocycles. The first-order valence-electron chi connectivity index (χ1n) is 7.14. The highest BCUT2D eigenvalue weighted by Crippen LogP contribution is 2.33. The highest BCUT2D eigenvalue weighted by molar-refractivity contribution is 5.87. The lowest BCUT2D eigenvalue weighted by molar-refractivity contribution is 0.647. The average molecular weight is 259 g/mol. The molecule has 3 rings (SSSR count). The first kappa shape index (κ1) is 12.3. The molecule has 2 aromatic rings. The van der Waals surface area contributed by atoms with Gasteiger partial charge in [-0.05, 0) is 31.2 Å². The van der Waals surface area contributed by atoms with Crippen LogP contribution >= 0.6 is 0 Å². The molecule has 1 aliphatic rings. The third-order valence-electron chi connectivity index (χ3n) is 3.60. The van der Waals surface area contributed by atoms with Crippen LogP contribution in [-0.4, -0.2) is 21.1 Å². The molecule has 0 spiro atoms. The Morgan fingerprint density at radius 2 is 2.26 bits per heavy atom. The molecule has 0 radical (unpaired) electrons. The number of rotatable bonds is 6. The van der Waals surface area contributed by atoms with Gasteiger partial charge in [0.2, 0.25) is 5.95 Å². The minimum absolute atomic E-state index is 0.343. The minimum atomic E-state index is 0.343. The van der Waals surface area contributed by atoms with Crippen LogP contribution in [0.3, 0.4) is 0 Å². The molecule has 0 aromatic carbocycles. The lowest BCUT2D eigenvalue weighted by Gasteiger charge is -2.10. The van der Waals surface area contributed by atoms with E-state index in [-0.39, 0.29) is 0 Å². The van der Waals surface area contributed by atoms with E-state index in [0.29, 0.717) is 5.95 Å². The van der Waals surface area contributed by atoms with Crippen molar-refractivity contribution >= 4 is 22.8 Å². The zero-order valence-corrected chi connectivity index (χ0v) is 11.4. The third kappa shape index (κ3) is 2.64. The zero-order chi connectivity index (χ0) is 13.2. The number of anilines is 2. The first-order valence-corrected chi connectivity index (χ1v) is 7.14. The monoisotopic (exact) mass is 259 g/mol. The van der Waals surface area contributed by atoms with E-state index in [4.69, 9.17) is 5.73 Å². The molecule has 0 amide bonds. The minimum Gasteiger partial charge on any atom is -0.368 e. The number of aromatic nitrogens is 3. The van der Waals surface area contributed by atoms with Crippen LogP contribution in [-0.2, 0) is 6.54 Å². The molecular weight excluding hydrogens is 238 g/mol. The number of nitrogens with one attached hydrogen (secondary N) is 1. The molecule has 0 aliphatic heterocycles. The number of hydrogen-bond donors (Lipinski definition) is 2. The third-order valence-corrected chi connectivity index (χ3v) is 3.60. The van der Waals surface area contributed by atoms with Gasteiger partial charge in [0.1, 0.15) is 5.52 Å². The molecule has 0 atom stereocenters. The van der Waals surface area contributed by atoms with Crippen molar-refractivity contribution in [2.24, 2.45) is 5.92 Å². The second-order valence-electron chi connectivity index (χ2n) is 5.36. The van der Waals surface area contributed by atoms with E-state index in [9.17, 15) is 0 Å². The molecule has 2 heterocycles. The Morgan fingerprint density at radius 3 is 3.00 bits per heavy atom. The predicted octanol–water partition coefficient (Wildman–Crippen LogP) is 2.64. The van der Waals surface area contributed by atoms with Crippen molar-refractivity contribution in [3.8, 4) is 0 Å². The Morgan fingerprint density at radius 1 is 1.42 bits per heavy atom. The molecule has 0 unspecified atom stereocenters. The Hall–Kier alpha value is -1.78. The van der Waals surface area contributed by atoms with Gasteiger partial charge < -0.3 is 15.6 Å². The summed E-state index contributed by atoms with van der Waals surface area (Å²) in [6.45, 7) is 4.18. The van der Waals surface area contributed by atoms with Gasteiger partial charge in [-0.2, -0.15) is 4.98 Å². The fraction of sp³-hybridized carbons (Fsp3) is 0.571. The maximum Gasteiger partial charge on any atom is 0.222 e. The SMILES string of the molecule is CCCCNc1nc(N)nc2ccn(CC3CC3)c12. The van der Waals surface area contributed by atoms with Gasteiger partial charge in [-0.25, -0.2) is 4.98 Å². The van der Waals surface area contributed by atoms with Crippen molar-refractivity contribution in [3.63, 3.8) is 0 Å². The van der Waals surface area contributed by atoms with Crippen molar-refractivity contribution in [3.05, 3.63) is 12.3 Å². The number of nitrogens with two attached hydrogens (primary N) is 1. The predicted molar refractivity (Wildman–Crippen MR) is 78.1 cm³/mol. The van der Waals surface area contributed by atoms with Crippen molar-refractivity contribution in [2.45, 2.75) is 39.2 Å². The summed E-state index contributed by atoms with van der Waals surface area (Å²) in [4.78, 5) is 8.69. The highest BCUT2D eigenvalue weighted by Gasteiger charge is 2.23. The molecule has 3 N–H and O–H groups in total. The summed E-state index contributed by atoms with van der Waals surface area (Å²) >= 11 is 0. The van der Waals surface area contributed by atoms with E-state index >= 15 is 0 Å². The number of hydrogen-bond acceptors (Lipinski definition) is 4. The Kier molecular flexibility index (Phi) is 3.27. The van der Waals surface area contributed by atoms with E-state index in [0.717, 1.165) is 42.3 Å². The maximum atomic E-state index is 5.78. The molecule has 0 bridgehead atoms. The fourth-order valence-electron chi connectivity index (χ4n) is 2.36. The average Bonchev–Trinajstić information content (AvgIpc) is 3.10. The zero-order valence-electron chi connectivity index (χ0n) is 11.4. The summed E-state index contributed by atoms with van der Waals surface area (Å²) in [5, 5.41) is 3.40.